The van der Waals surface area contributed by atoms with E-state index in [-0.39, 0.29) is 18.0 Å². The molecule has 19 heavy (non-hydrogen) atoms. The number of ketones is 1. The fourth-order valence-corrected chi connectivity index (χ4v) is 2.36. The summed E-state index contributed by atoms with van der Waals surface area (Å²) in [5.74, 6) is -0.235. The summed E-state index contributed by atoms with van der Waals surface area (Å²) < 4.78 is 1.05. The second-order valence-corrected chi connectivity index (χ2v) is 5.23. The van der Waals surface area contributed by atoms with Crippen LogP contribution in [-0.2, 0) is 6.54 Å². The number of aromatic nitrogens is 1. The average molecular weight is 278 g/mol. The first-order valence-corrected chi connectivity index (χ1v) is 6.23. The summed E-state index contributed by atoms with van der Waals surface area (Å²) in [6.45, 7) is 1.68. The van der Waals surface area contributed by atoms with E-state index in [9.17, 15) is 19.7 Å². The molecule has 0 radical (unpaired) electrons. The molecule has 0 aliphatic carbocycles. The van der Waals surface area contributed by atoms with Gasteiger partial charge in [-0.2, -0.15) is 0 Å². The Hall–Kier alpha value is -2.28. The van der Waals surface area contributed by atoms with Gasteiger partial charge in [0.2, 0.25) is 0 Å². The molecule has 2 rings (SSSR count). The van der Waals surface area contributed by atoms with Crippen molar-refractivity contribution in [2.75, 3.05) is 0 Å². The minimum absolute atomic E-state index is 0.194. The molecule has 0 spiro atoms. The molecule has 0 aliphatic heterocycles. The van der Waals surface area contributed by atoms with Gasteiger partial charge >= 0.3 is 0 Å². The van der Waals surface area contributed by atoms with Crippen molar-refractivity contribution in [1.29, 1.82) is 0 Å². The number of rotatable bonds is 4. The zero-order valence-corrected chi connectivity index (χ0v) is 10.8. The fraction of sp³-hybridized carbons (Fsp3) is 0.167. The van der Waals surface area contributed by atoms with Crippen LogP contribution in [0.2, 0.25) is 0 Å². The van der Waals surface area contributed by atoms with Crippen LogP contribution in [0.25, 0.3) is 0 Å². The van der Waals surface area contributed by atoms with Crippen LogP contribution >= 0.6 is 11.3 Å². The Morgan fingerprint density at radius 2 is 2.11 bits per heavy atom. The smallest absolute Gasteiger partial charge is 0.285 e. The lowest BCUT2D eigenvalue weighted by Gasteiger charge is -2.03. The highest BCUT2D eigenvalue weighted by atomic mass is 32.1. The molecule has 0 aliphatic rings. The Balaban J connectivity index is 2.28. The van der Waals surface area contributed by atoms with Crippen LogP contribution in [0.3, 0.4) is 0 Å². The highest BCUT2D eigenvalue weighted by Gasteiger charge is 2.13. The van der Waals surface area contributed by atoms with E-state index >= 15 is 0 Å². The van der Waals surface area contributed by atoms with Crippen LogP contribution < -0.4 is 5.56 Å². The van der Waals surface area contributed by atoms with E-state index < -0.39 is 10.5 Å². The van der Waals surface area contributed by atoms with Gasteiger partial charge in [-0.05, 0) is 19.1 Å². The van der Waals surface area contributed by atoms with E-state index in [0.717, 1.165) is 27.8 Å². The van der Waals surface area contributed by atoms with Gasteiger partial charge in [0, 0.05) is 17.0 Å². The third kappa shape index (κ3) is 2.94. The van der Waals surface area contributed by atoms with Crippen LogP contribution in [-0.4, -0.2) is 15.3 Å². The van der Waals surface area contributed by atoms with E-state index in [0.29, 0.717) is 4.88 Å². The number of nitro groups is 1. The van der Waals surface area contributed by atoms with Gasteiger partial charge in [-0.25, -0.2) is 0 Å². The highest BCUT2D eigenvalue weighted by molar-refractivity contribution is 7.14. The van der Waals surface area contributed by atoms with Gasteiger partial charge in [-0.3, -0.25) is 19.7 Å². The monoisotopic (exact) mass is 278 g/mol. The summed E-state index contributed by atoms with van der Waals surface area (Å²) in [7, 11) is 0. The molecule has 98 valence electrons. The van der Waals surface area contributed by atoms with Gasteiger partial charge in [-0.1, -0.05) is 0 Å². The van der Waals surface area contributed by atoms with Crippen LogP contribution in [0.4, 0.5) is 5.69 Å². The Morgan fingerprint density at radius 1 is 1.37 bits per heavy atom. The third-order valence-electron chi connectivity index (χ3n) is 2.51. The van der Waals surface area contributed by atoms with Crippen molar-refractivity contribution >= 4 is 22.8 Å². The highest BCUT2D eigenvalue weighted by Crippen LogP contribution is 2.16. The van der Waals surface area contributed by atoms with Crippen molar-refractivity contribution in [1.82, 2.24) is 4.57 Å². The number of pyridine rings is 1. The van der Waals surface area contributed by atoms with Crippen LogP contribution in [0.1, 0.15) is 14.5 Å². The lowest BCUT2D eigenvalue weighted by atomic mass is 10.3. The van der Waals surface area contributed by atoms with Crippen molar-refractivity contribution in [3.8, 4) is 0 Å². The van der Waals surface area contributed by atoms with Crippen molar-refractivity contribution in [3.05, 3.63) is 60.7 Å². The summed E-state index contributed by atoms with van der Waals surface area (Å²) in [6.07, 6.45) is 1.08. The lowest BCUT2D eigenvalue weighted by molar-refractivity contribution is -0.385. The third-order valence-corrected chi connectivity index (χ3v) is 3.55. The largest absolute Gasteiger partial charge is 0.301 e. The van der Waals surface area contributed by atoms with E-state index in [1.807, 2.05) is 13.0 Å². The SMILES string of the molecule is Cc1ccc(C(=O)Cn2cc([N+](=O)[O-])ccc2=O)s1. The molecule has 0 fully saturated rings. The predicted octanol–water partition coefficient (Wildman–Crippen LogP) is 2.01. The van der Waals surface area contributed by atoms with E-state index in [4.69, 9.17) is 0 Å². The molecule has 0 amide bonds. The van der Waals surface area contributed by atoms with E-state index in [1.165, 1.54) is 11.3 Å². The van der Waals surface area contributed by atoms with Crippen LogP contribution in [0.5, 0.6) is 0 Å². The Labute approximate surface area is 112 Å². The topological polar surface area (TPSA) is 82.2 Å². The molecule has 6 nitrogen and oxygen atoms in total. The van der Waals surface area contributed by atoms with Crippen molar-refractivity contribution in [2.45, 2.75) is 13.5 Å². The normalized spacial score (nSPS) is 10.4. The van der Waals surface area contributed by atoms with E-state index in [1.54, 1.807) is 6.07 Å². The summed E-state index contributed by atoms with van der Waals surface area (Å²) >= 11 is 1.33. The fourth-order valence-electron chi connectivity index (χ4n) is 1.57. The predicted molar refractivity (Wildman–Crippen MR) is 70.7 cm³/mol. The second kappa shape index (κ2) is 5.15. The number of Topliss-reactive ketones (excluding diaryl/α,β-unsaturated/α-hetero) is 1. The minimum Gasteiger partial charge on any atom is -0.301 e. The summed E-state index contributed by atoms with van der Waals surface area (Å²) in [4.78, 5) is 35.1. The molecule has 0 bridgehead atoms. The zero-order valence-electron chi connectivity index (χ0n) is 10.0. The molecule has 0 saturated carbocycles. The Morgan fingerprint density at radius 3 is 2.68 bits per heavy atom. The van der Waals surface area contributed by atoms with Crippen LogP contribution in [0, 0.1) is 17.0 Å². The molecule has 0 aromatic carbocycles. The number of nitrogens with zero attached hydrogens (tertiary/aromatic N) is 2. The number of aryl methyl sites for hydroxylation is 1. The molecular weight excluding hydrogens is 268 g/mol. The molecule has 2 aromatic heterocycles. The molecule has 2 aromatic rings. The van der Waals surface area contributed by atoms with Crippen molar-refractivity contribution in [2.24, 2.45) is 0 Å². The lowest BCUT2D eigenvalue weighted by Crippen LogP contribution is -2.23. The first-order chi connectivity index (χ1) is 8.97. The molecule has 0 saturated heterocycles. The first kappa shape index (κ1) is 13.2. The molecule has 0 atom stereocenters. The molecule has 0 unspecified atom stereocenters. The average Bonchev–Trinajstić information content (AvgIpc) is 2.78. The van der Waals surface area contributed by atoms with Gasteiger partial charge < -0.3 is 4.57 Å². The summed E-state index contributed by atoms with van der Waals surface area (Å²) in [5.41, 5.74) is -0.651. The molecule has 2 heterocycles. The van der Waals surface area contributed by atoms with Gasteiger partial charge in [0.05, 0.1) is 22.5 Å². The van der Waals surface area contributed by atoms with Gasteiger partial charge in [-0.15, -0.1) is 11.3 Å². The maximum absolute atomic E-state index is 11.9. The molecule has 7 heteroatoms. The number of carbonyl (C=O) groups excluding carboxylic acids is 1. The number of thiophene rings is 1. The van der Waals surface area contributed by atoms with E-state index in [2.05, 4.69) is 0 Å². The first-order valence-electron chi connectivity index (χ1n) is 5.42. The summed E-state index contributed by atoms with van der Waals surface area (Å²) in [6, 6.07) is 5.71. The number of carbonyl (C=O) groups is 1. The summed E-state index contributed by atoms with van der Waals surface area (Å²) in [5, 5.41) is 10.6. The number of hydrogen-bond acceptors (Lipinski definition) is 5. The zero-order chi connectivity index (χ0) is 14.0. The van der Waals surface area contributed by atoms with Crippen molar-refractivity contribution < 1.29 is 9.72 Å². The standard InChI is InChI=1S/C12H10N2O4S/c1-8-2-4-11(19-8)10(15)7-13-6-9(14(17)18)3-5-12(13)16/h2-6H,7H2,1H3. The van der Waals surface area contributed by atoms with Crippen LogP contribution in [0.15, 0.2) is 35.3 Å². The molecule has 0 N–H and O–H groups in total. The Kier molecular flexibility index (Phi) is 3.57. The second-order valence-electron chi connectivity index (χ2n) is 3.94. The quantitative estimate of drug-likeness (QED) is 0.486. The Bertz CT molecular complexity index is 702. The number of hydrogen-bond donors (Lipinski definition) is 0. The van der Waals surface area contributed by atoms with Gasteiger partial charge in [0.1, 0.15) is 0 Å². The molecular formula is C12H10N2O4S. The van der Waals surface area contributed by atoms with Gasteiger partial charge in [0.25, 0.3) is 11.2 Å². The maximum Gasteiger partial charge on any atom is 0.285 e. The maximum atomic E-state index is 11.9. The minimum atomic E-state index is -0.601. The van der Waals surface area contributed by atoms with Crippen molar-refractivity contribution in [3.63, 3.8) is 0 Å². The van der Waals surface area contributed by atoms with Gasteiger partial charge in [0.15, 0.2) is 5.78 Å².